The maximum absolute atomic E-state index is 13.2. The fourth-order valence-corrected chi connectivity index (χ4v) is 5.23. The highest BCUT2D eigenvalue weighted by Gasteiger charge is 2.34. The van der Waals surface area contributed by atoms with Crippen LogP contribution in [0, 0.1) is 6.92 Å². The zero-order valence-electron chi connectivity index (χ0n) is 15.0. The van der Waals surface area contributed by atoms with Gasteiger partial charge >= 0.3 is 0 Å². The van der Waals surface area contributed by atoms with E-state index in [0.717, 1.165) is 5.56 Å². The van der Waals surface area contributed by atoms with Gasteiger partial charge in [0.15, 0.2) is 9.84 Å². The summed E-state index contributed by atoms with van der Waals surface area (Å²) in [6.07, 6.45) is 0.451. The summed E-state index contributed by atoms with van der Waals surface area (Å²) in [4.78, 5) is 19.2. The van der Waals surface area contributed by atoms with Crippen molar-refractivity contribution in [1.82, 2.24) is 15.0 Å². The van der Waals surface area contributed by atoms with Crippen molar-refractivity contribution in [1.29, 1.82) is 0 Å². The van der Waals surface area contributed by atoms with Crippen LogP contribution in [-0.4, -0.2) is 54.0 Å². The number of carbonyl (C=O) groups is 1. The number of hydrogen-bond acceptors (Lipinski definition) is 6. The van der Waals surface area contributed by atoms with Crippen LogP contribution in [0.5, 0.6) is 0 Å². The number of amides is 1. The van der Waals surface area contributed by atoms with Crippen LogP contribution in [-0.2, 0) is 9.84 Å². The predicted octanol–water partition coefficient (Wildman–Crippen LogP) is 2.46. The molecule has 3 aromatic rings. The topological polar surface area (TPSA) is 93.4 Å². The van der Waals surface area contributed by atoms with Gasteiger partial charge in [0, 0.05) is 18.7 Å². The second kappa shape index (κ2) is 6.45. The fourth-order valence-electron chi connectivity index (χ4n) is 3.46. The molecule has 0 saturated carbocycles. The Labute approximate surface area is 156 Å². The number of pyridine rings is 1. The quantitative estimate of drug-likeness (QED) is 0.687. The van der Waals surface area contributed by atoms with E-state index in [2.05, 4.69) is 10.1 Å². The van der Waals surface area contributed by atoms with Crippen LogP contribution in [0.25, 0.3) is 22.4 Å². The van der Waals surface area contributed by atoms with Crippen molar-refractivity contribution in [2.75, 3.05) is 18.6 Å². The van der Waals surface area contributed by atoms with Gasteiger partial charge in [-0.05, 0) is 19.4 Å². The lowest BCUT2D eigenvalue weighted by Crippen LogP contribution is -2.38. The molecule has 1 aromatic carbocycles. The molecular weight excluding hydrogens is 366 g/mol. The second-order valence-electron chi connectivity index (χ2n) is 6.84. The Bertz CT molecular complexity index is 1120. The lowest BCUT2D eigenvalue weighted by molar-refractivity contribution is 0.0749. The van der Waals surface area contributed by atoms with Crippen LogP contribution in [0.3, 0.4) is 0 Å². The Morgan fingerprint density at radius 3 is 2.67 bits per heavy atom. The van der Waals surface area contributed by atoms with Gasteiger partial charge in [-0.2, -0.15) is 0 Å². The molecular formula is C19H19N3O4S. The normalized spacial score (nSPS) is 18.7. The standard InChI is InChI=1S/C19H19N3O4S/c1-12-17-15(19(23)22(2)14-8-9-27(24,25)11-14)10-16(20-18(17)26-21-12)13-6-4-3-5-7-13/h3-7,10,14H,8-9,11H2,1-2H3/t14-/m1/s1. The molecule has 2 aromatic heterocycles. The molecule has 1 fully saturated rings. The number of sulfone groups is 1. The Balaban J connectivity index is 1.80. The van der Waals surface area contributed by atoms with E-state index in [0.29, 0.717) is 34.5 Å². The van der Waals surface area contributed by atoms with E-state index in [4.69, 9.17) is 4.52 Å². The predicted molar refractivity (Wildman–Crippen MR) is 101 cm³/mol. The third-order valence-corrected chi connectivity index (χ3v) is 6.74. The number of nitrogens with zero attached hydrogens (tertiary/aromatic N) is 3. The number of fused-ring (bicyclic) bond motifs is 1. The summed E-state index contributed by atoms with van der Waals surface area (Å²) >= 11 is 0. The third-order valence-electron chi connectivity index (χ3n) is 4.99. The van der Waals surface area contributed by atoms with Gasteiger partial charge in [-0.3, -0.25) is 4.79 Å². The van der Waals surface area contributed by atoms with E-state index in [9.17, 15) is 13.2 Å². The van der Waals surface area contributed by atoms with Crippen LogP contribution in [0.1, 0.15) is 22.5 Å². The molecule has 0 bridgehead atoms. The van der Waals surface area contributed by atoms with E-state index in [1.54, 1.807) is 20.0 Å². The summed E-state index contributed by atoms with van der Waals surface area (Å²) in [6, 6.07) is 10.9. The maximum Gasteiger partial charge on any atom is 0.259 e. The average molecular weight is 385 g/mol. The van der Waals surface area contributed by atoms with Crippen molar-refractivity contribution < 1.29 is 17.7 Å². The molecule has 1 amide bonds. The van der Waals surface area contributed by atoms with Crippen molar-refractivity contribution in [3.63, 3.8) is 0 Å². The van der Waals surface area contributed by atoms with Gasteiger partial charge in [-0.1, -0.05) is 35.5 Å². The van der Waals surface area contributed by atoms with Crippen LogP contribution in [0.2, 0.25) is 0 Å². The van der Waals surface area contributed by atoms with Crippen molar-refractivity contribution in [3.8, 4) is 11.3 Å². The van der Waals surface area contributed by atoms with Crippen LogP contribution < -0.4 is 0 Å². The average Bonchev–Trinajstić information content (AvgIpc) is 3.23. The number of rotatable bonds is 3. The number of benzene rings is 1. The van der Waals surface area contributed by atoms with Gasteiger partial charge in [0.25, 0.3) is 11.6 Å². The van der Waals surface area contributed by atoms with Gasteiger partial charge in [-0.15, -0.1) is 0 Å². The molecule has 0 unspecified atom stereocenters. The monoisotopic (exact) mass is 385 g/mol. The molecule has 0 spiro atoms. The Hall–Kier alpha value is -2.74. The molecule has 27 heavy (non-hydrogen) atoms. The summed E-state index contributed by atoms with van der Waals surface area (Å²) in [5.41, 5.74) is 2.76. The van der Waals surface area contributed by atoms with Crippen molar-refractivity contribution in [3.05, 3.63) is 47.7 Å². The molecule has 7 nitrogen and oxygen atoms in total. The smallest absolute Gasteiger partial charge is 0.259 e. The molecule has 1 aliphatic heterocycles. The molecule has 1 aliphatic rings. The van der Waals surface area contributed by atoms with E-state index in [-0.39, 0.29) is 23.5 Å². The second-order valence-corrected chi connectivity index (χ2v) is 9.07. The first-order valence-electron chi connectivity index (χ1n) is 8.66. The van der Waals surface area contributed by atoms with Crippen molar-refractivity contribution >= 4 is 26.8 Å². The summed E-state index contributed by atoms with van der Waals surface area (Å²) in [6.45, 7) is 1.76. The molecule has 1 saturated heterocycles. The van der Waals surface area contributed by atoms with E-state index in [1.807, 2.05) is 30.3 Å². The van der Waals surface area contributed by atoms with E-state index in [1.165, 1.54) is 4.90 Å². The molecule has 4 rings (SSSR count). The molecule has 0 N–H and O–H groups in total. The number of hydrogen-bond donors (Lipinski definition) is 0. The molecule has 3 heterocycles. The van der Waals surface area contributed by atoms with Crippen LogP contribution >= 0.6 is 0 Å². The Morgan fingerprint density at radius 2 is 2.00 bits per heavy atom. The molecule has 0 aliphatic carbocycles. The number of carbonyl (C=O) groups excluding carboxylic acids is 1. The molecule has 140 valence electrons. The summed E-state index contributed by atoms with van der Waals surface area (Å²) in [5, 5.41) is 4.51. The lowest BCUT2D eigenvalue weighted by atomic mass is 10.0. The van der Waals surface area contributed by atoms with Crippen LogP contribution in [0.4, 0.5) is 0 Å². The first-order chi connectivity index (χ1) is 12.9. The molecule has 1 atom stereocenters. The first kappa shape index (κ1) is 17.7. The molecule has 0 radical (unpaired) electrons. The third kappa shape index (κ3) is 3.21. The highest BCUT2D eigenvalue weighted by atomic mass is 32.2. The Morgan fingerprint density at radius 1 is 1.26 bits per heavy atom. The summed E-state index contributed by atoms with van der Waals surface area (Å²) in [5.74, 6) is -0.145. The zero-order chi connectivity index (χ0) is 19.2. The minimum Gasteiger partial charge on any atom is -0.338 e. The SMILES string of the molecule is Cc1noc2nc(-c3ccccc3)cc(C(=O)N(C)[C@@H]3CCS(=O)(=O)C3)c12. The first-order valence-corrected chi connectivity index (χ1v) is 10.5. The largest absolute Gasteiger partial charge is 0.338 e. The maximum atomic E-state index is 13.2. The fraction of sp³-hybridized carbons (Fsp3) is 0.316. The minimum absolute atomic E-state index is 0.00235. The van der Waals surface area contributed by atoms with Gasteiger partial charge < -0.3 is 9.42 Å². The van der Waals surface area contributed by atoms with Gasteiger partial charge in [0.2, 0.25) is 0 Å². The summed E-state index contributed by atoms with van der Waals surface area (Å²) in [7, 11) is -1.44. The van der Waals surface area contributed by atoms with Gasteiger partial charge in [0.1, 0.15) is 0 Å². The zero-order valence-corrected chi connectivity index (χ0v) is 15.9. The van der Waals surface area contributed by atoms with Gasteiger partial charge in [0.05, 0.1) is 33.8 Å². The number of aromatic nitrogens is 2. The lowest BCUT2D eigenvalue weighted by Gasteiger charge is -2.24. The van der Waals surface area contributed by atoms with Crippen molar-refractivity contribution in [2.45, 2.75) is 19.4 Å². The van der Waals surface area contributed by atoms with E-state index >= 15 is 0 Å². The van der Waals surface area contributed by atoms with Gasteiger partial charge in [-0.25, -0.2) is 13.4 Å². The molecule has 8 heteroatoms. The Kier molecular flexibility index (Phi) is 4.22. The highest BCUT2D eigenvalue weighted by Crippen LogP contribution is 2.29. The van der Waals surface area contributed by atoms with Crippen LogP contribution in [0.15, 0.2) is 40.9 Å². The van der Waals surface area contributed by atoms with E-state index < -0.39 is 9.84 Å². The number of aryl methyl sites for hydroxylation is 1. The summed E-state index contributed by atoms with van der Waals surface area (Å²) < 4.78 is 28.9. The highest BCUT2D eigenvalue weighted by molar-refractivity contribution is 7.91. The van der Waals surface area contributed by atoms with Crippen molar-refractivity contribution in [2.24, 2.45) is 0 Å². The minimum atomic E-state index is -3.08.